The van der Waals surface area contributed by atoms with Crippen LogP contribution < -0.4 is 9.64 Å². The molecule has 0 spiro atoms. The van der Waals surface area contributed by atoms with E-state index in [-0.39, 0.29) is 12.6 Å². The minimum atomic E-state index is -2.28. The van der Waals surface area contributed by atoms with Gasteiger partial charge in [0.05, 0.1) is 12.6 Å². The molecule has 0 amide bonds. The zero-order valence-corrected chi connectivity index (χ0v) is 11.8. The number of alkyl halides is 2. The first kappa shape index (κ1) is 14.9. The molecule has 0 unspecified atom stereocenters. The Balaban J connectivity index is 1.99. The van der Waals surface area contributed by atoms with E-state index < -0.39 is 6.43 Å². The van der Waals surface area contributed by atoms with Crippen molar-refractivity contribution in [1.82, 2.24) is 14.9 Å². The van der Waals surface area contributed by atoms with E-state index in [1.54, 1.807) is 17.3 Å². The third-order valence-electron chi connectivity index (χ3n) is 3.06. The normalized spacial score (nSPS) is 17.0. The zero-order valence-electron chi connectivity index (χ0n) is 11.8. The third-order valence-corrected chi connectivity index (χ3v) is 3.06. The van der Waals surface area contributed by atoms with Gasteiger partial charge in [-0.2, -0.15) is 0 Å². The van der Waals surface area contributed by atoms with Crippen LogP contribution in [-0.2, 0) is 0 Å². The largest absolute Gasteiger partial charge is 0.472 e. The maximum Gasteiger partial charge on any atom is 0.257 e. The zero-order chi connectivity index (χ0) is 14.5. The molecule has 7 heteroatoms. The lowest BCUT2D eigenvalue weighted by molar-refractivity contribution is 0.0852. The van der Waals surface area contributed by atoms with Gasteiger partial charge in [0.2, 0.25) is 0 Å². The van der Waals surface area contributed by atoms with Crippen LogP contribution in [0.25, 0.3) is 0 Å². The third kappa shape index (κ3) is 4.00. The van der Waals surface area contributed by atoms with Crippen molar-refractivity contribution in [3.63, 3.8) is 0 Å². The summed E-state index contributed by atoms with van der Waals surface area (Å²) in [5, 5.41) is 0. The summed E-state index contributed by atoms with van der Waals surface area (Å²) in [5.74, 6) is 1.20. The van der Waals surface area contributed by atoms with E-state index in [4.69, 9.17) is 4.74 Å². The van der Waals surface area contributed by atoms with Crippen molar-refractivity contribution in [3.8, 4) is 5.88 Å². The predicted octanol–water partition coefficient (Wildman–Crippen LogP) is 1.65. The SMILES string of the molecule is CC(C)Oc1nccnc1N1CCN(CC(F)F)CC1. The maximum atomic E-state index is 12.3. The average Bonchev–Trinajstić information content (AvgIpc) is 2.39. The van der Waals surface area contributed by atoms with Gasteiger partial charge in [-0.3, -0.25) is 4.90 Å². The number of piperazine rings is 1. The molecule has 0 bridgehead atoms. The molecule has 0 radical (unpaired) electrons. The molecule has 1 aromatic rings. The average molecular weight is 286 g/mol. The maximum absolute atomic E-state index is 12.3. The Morgan fingerprint density at radius 1 is 1.15 bits per heavy atom. The lowest BCUT2D eigenvalue weighted by atomic mass is 10.3. The number of hydrogen-bond acceptors (Lipinski definition) is 5. The molecular weight excluding hydrogens is 266 g/mol. The number of nitrogens with zero attached hydrogens (tertiary/aromatic N) is 4. The minimum absolute atomic E-state index is 0.0190. The van der Waals surface area contributed by atoms with Crippen molar-refractivity contribution in [2.24, 2.45) is 0 Å². The van der Waals surface area contributed by atoms with E-state index in [1.165, 1.54) is 0 Å². The Morgan fingerprint density at radius 2 is 1.80 bits per heavy atom. The molecule has 2 rings (SSSR count). The first-order chi connectivity index (χ1) is 9.56. The molecule has 0 atom stereocenters. The standard InChI is InChI=1S/C13H20F2N4O/c1-10(2)20-13-12(16-3-4-17-13)19-7-5-18(6-8-19)9-11(14)15/h3-4,10-11H,5-9H2,1-2H3. The molecule has 0 N–H and O–H groups in total. The molecule has 1 aromatic heterocycles. The van der Waals surface area contributed by atoms with Gasteiger partial charge in [0.25, 0.3) is 12.3 Å². The van der Waals surface area contributed by atoms with E-state index in [2.05, 4.69) is 9.97 Å². The monoisotopic (exact) mass is 286 g/mol. The highest BCUT2D eigenvalue weighted by Crippen LogP contribution is 2.24. The quantitative estimate of drug-likeness (QED) is 0.823. The summed E-state index contributed by atoms with van der Waals surface area (Å²) in [5.41, 5.74) is 0. The highest BCUT2D eigenvalue weighted by atomic mass is 19.3. The van der Waals surface area contributed by atoms with Crippen molar-refractivity contribution in [2.75, 3.05) is 37.6 Å². The Bertz CT molecular complexity index is 423. The molecule has 1 fully saturated rings. The van der Waals surface area contributed by atoms with Crippen LogP contribution in [0.15, 0.2) is 12.4 Å². The first-order valence-corrected chi connectivity index (χ1v) is 6.79. The Labute approximate surface area is 117 Å². The summed E-state index contributed by atoms with van der Waals surface area (Å²) >= 11 is 0. The van der Waals surface area contributed by atoms with Crippen molar-refractivity contribution in [3.05, 3.63) is 12.4 Å². The number of hydrogen-bond donors (Lipinski definition) is 0. The summed E-state index contributed by atoms with van der Waals surface area (Å²) in [6.07, 6.45) is 0.950. The summed E-state index contributed by atoms with van der Waals surface area (Å²) in [7, 11) is 0. The Morgan fingerprint density at radius 3 is 2.40 bits per heavy atom. The van der Waals surface area contributed by atoms with Crippen LogP contribution in [0.1, 0.15) is 13.8 Å². The number of rotatable bonds is 5. The van der Waals surface area contributed by atoms with Gasteiger partial charge in [0.1, 0.15) is 0 Å². The lowest BCUT2D eigenvalue weighted by Gasteiger charge is -2.35. The van der Waals surface area contributed by atoms with Gasteiger partial charge in [-0.25, -0.2) is 18.7 Å². The molecule has 5 nitrogen and oxygen atoms in total. The van der Waals surface area contributed by atoms with Gasteiger partial charge in [0.15, 0.2) is 5.82 Å². The summed E-state index contributed by atoms with van der Waals surface area (Å²) in [6.45, 7) is 6.20. The number of aromatic nitrogens is 2. The Hall–Kier alpha value is -1.50. The smallest absolute Gasteiger partial charge is 0.257 e. The van der Waals surface area contributed by atoms with Gasteiger partial charge >= 0.3 is 0 Å². The van der Waals surface area contributed by atoms with Gasteiger partial charge in [-0.15, -0.1) is 0 Å². The molecule has 0 aromatic carbocycles. The fourth-order valence-corrected chi connectivity index (χ4v) is 2.18. The van der Waals surface area contributed by atoms with Crippen LogP contribution in [0, 0.1) is 0 Å². The van der Waals surface area contributed by atoms with Crippen LogP contribution in [0.4, 0.5) is 14.6 Å². The van der Waals surface area contributed by atoms with Crippen LogP contribution in [-0.4, -0.2) is 60.1 Å². The van der Waals surface area contributed by atoms with Crippen molar-refractivity contribution >= 4 is 5.82 Å². The molecule has 0 aliphatic carbocycles. The molecule has 112 valence electrons. The molecule has 0 saturated carbocycles. The van der Waals surface area contributed by atoms with Crippen molar-refractivity contribution < 1.29 is 13.5 Å². The number of ether oxygens (including phenoxy) is 1. The van der Waals surface area contributed by atoms with Crippen LogP contribution in [0.2, 0.25) is 0 Å². The Kier molecular flexibility index (Phi) is 5.05. The molecule has 1 saturated heterocycles. The second kappa shape index (κ2) is 6.78. The molecular formula is C13H20F2N4O. The van der Waals surface area contributed by atoms with E-state index in [0.717, 1.165) is 0 Å². The van der Waals surface area contributed by atoms with Gasteiger partial charge in [0, 0.05) is 38.6 Å². The molecule has 2 heterocycles. The topological polar surface area (TPSA) is 41.5 Å². The number of halogens is 2. The molecule has 20 heavy (non-hydrogen) atoms. The fourth-order valence-electron chi connectivity index (χ4n) is 2.18. The van der Waals surface area contributed by atoms with Crippen LogP contribution >= 0.6 is 0 Å². The highest BCUT2D eigenvalue weighted by molar-refractivity contribution is 5.48. The van der Waals surface area contributed by atoms with Gasteiger partial charge in [-0.1, -0.05) is 0 Å². The van der Waals surface area contributed by atoms with Crippen LogP contribution in [0.5, 0.6) is 5.88 Å². The van der Waals surface area contributed by atoms with E-state index in [9.17, 15) is 8.78 Å². The van der Waals surface area contributed by atoms with Crippen LogP contribution in [0.3, 0.4) is 0 Å². The fraction of sp³-hybridized carbons (Fsp3) is 0.692. The lowest BCUT2D eigenvalue weighted by Crippen LogP contribution is -2.48. The summed E-state index contributed by atoms with van der Waals surface area (Å²) < 4.78 is 30.3. The second-order valence-corrected chi connectivity index (χ2v) is 5.03. The molecule has 1 aliphatic rings. The van der Waals surface area contributed by atoms with Crippen molar-refractivity contribution in [2.45, 2.75) is 26.4 Å². The van der Waals surface area contributed by atoms with Crippen molar-refractivity contribution in [1.29, 1.82) is 0 Å². The summed E-state index contributed by atoms with van der Waals surface area (Å²) in [4.78, 5) is 12.3. The van der Waals surface area contributed by atoms with Gasteiger partial charge < -0.3 is 9.64 Å². The van der Waals surface area contributed by atoms with E-state index >= 15 is 0 Å². The second-order valence-electron chi connectivity index (χ2n) is 5.03. The minimum Gasteiger partial charge on any atom is -0.472 e. The summed E-state index contributed by atoms with van der Waals surface area (Å²) in [6, 6.07) is 0. The van der Waals surface area contributed by atoms with E-state index in [0.29, 0.717) is 37.9 Å². The first-order valence-electron chi connectivity index (χ1n) is 6.79. The van der Waals surface area contributed by atoms with E-state index in [1.807, 2.05) is 18.7 Å². The number of anilines is 1. The molecule has 1 aliphatic heterocycles. The highest BCUT2D eigenvalue weighted by Gasteiger charge is 2.23. The van der Waals surface area contributed by atoms with Gasteiger partial charge in [-0.05, 0) is 13.8 Å². The predicted molar refractivity (Wildman–Crippen MR) is 72.5 cm³/mol.